The minimum Gasteiger partial charge on any atom is -0.480 e. The topological polar surface area (TPSA) is 91.3 Å². The summed E-state index contributed by atoms with van der Waals surface area (Å²) in [6.45, 7) is 5.46. The fourth-order valence-electron chi connectivity index (χ4n) is 3.75. The zero-order valence-electron chi connectivity index (χ0n) is 18.0. The summed E-state index contributed by atoms with van der Waals surface area (Å²) in [4.78, 5) is 26.2. The van der Waals surface area contributed by atoms with Gasteiger partial charge in [-0.25, -0.2) is 9.97 Å². The molecule has 1 saturated heterocycles. The Labute approximate surface area is 196 Å². The SMILES string of the molecule is CCCCC(Sc1nc2nc(-c3ccc(N4CCCOCC4)cc3)c(Cl)cc2[nH]1)C(=O)O. The third-order valence-corrected chi connectivity index (χ3v) is 6.91. The van der Waals surface area contributed by atoms with Gasteiger partial charge in [0.1, 0.15) is 5.25 Å². The van der Waals surface area contributed by atoms with Crippen LogP contribution in [0, 0.1) is 0 Å². The average molecular weight is 475 g/mol. The molecule has 3 heterocycles. The van der Waals surface area contributed by atoms with Crippen molar-refractivity contribution < 1.29 is 14.6 Å². The molecule has 4 rings (SSSR count). The maximum absolute atomic E-state index is 11.6. The molecule has 9 heteroatoms. The number of hydrogen-bond donors (Lipinski definition) is 2. The highest BCUT2D eigenvalue weighted by molar-refractivity contribution is 8.00. The van der Waals surface area contributed by atoms with E-state index in [9.17, 15) is 9.90 Å². The molecule has 3 aromatic rings. The van der Waals surface area contributed by atoms with E-state index in [0.29, 0.717) is 33.5 Å². The third kappa shape index (κ3) is 5.36. The number of hydrogen-bond acceptors (Lipinski definition) is 6. The second-order valence-corrected chi connectivity index (χ2v) is 9.42. The van der Waals surface area contributed by atoms with Crippen molar-refractivity contribution in [3.8, 4) is 11.3 Å². The second kappa shape index (κ2) is 10.6. The molecule has 0 radical (unpaired) electrons. The molecule has 2 aromatic heterocycles. The molecule has 0 saturated carbocycles. The van der Waals surface area contributed by atoms with Crippen LogP contribution in [0.25, 0.3) is 22.4 Å². The normalized spacial score (nSPS) is 15.6. The molecule has 0 aliphatic carbocycles. The molecule has 0 bridgehead atoms. The number of halogens is 1. The summed E-state index contributed by atoms with van der Waals surface area (Å²) in [5.41, 5.74) is 3.95. The number of carbonyl (C=O) groups is 1. The minimum absolute atomic E-state index is 0.523. The Morgan fingerprint density at radius 1 is 1.28 bits per heavy atom. The number of nitrogens with one attached hydrogen (secondary N) is 1. The number of carboxylic acid groups (broad SMARTS) is 1. The summed E-state index contributed by atoms with van der Waals surface area (Å²) in [6, 6.07) is 10.0. The molecule has 170 valence electrons. The van der Waals surface area contributed by atoms with Gasteiger partial charge in [-0.1, -0.05) is 55.3 Å². The van der Waals surface area contributed by atoms with E-state index in [1.807, 2.05) is 19.1 Å². The fourth-order valence-corrected chi connectivity index (χ4v) is 4.97. The minimum atomic E-state index is -0.827. The lowest BCUT2D eigenvalue weighted by atomic mass is 10.1. The van der Waals surface area contributed by atoms with Crippen LogP contribution in [-0.2, 0) is 9.53 Å². The van der Waals surface area contributed by atoms with Gasteiger partial charge in [0.2, 0.25) is 0 Å². The Morgan fingerprint density at radius 2 is 2.09 bits per heavy atom. The number of thioether (sulfide) groups is 1. The van der Waals surface area contributed by atoms with E-state index in [1.54, 1.807) is 6.07 Å². The lowest BCUT2D eigenvalue weighted by molar-refractivity contribution is -0.136. The van der Waals surface area contributed by atoms with Gasteiger partial charge in [0.25, 0.3) is 0 Å². The van der Waals surface area contributed by atoms with Crippen molar-refractivity contribution in [2.24, 2.45) is 0 Å². The number of fused-ring (bicyclic) bond motifs is 1. The summed E-state index contributed by atoms with van der Waals surface area (Å²) in [5, 5.41) is 10.0. The van der Waals surface area contributed by atoms with Crippen molar-refractivity contribution in [3.63, 3.8) is 0 Å². The number of rotatable bonds is 8. The maximum Gasteiger partial charge on any atom is 0.317 e. The van der Waals surface area contributed by atoms with Crippen LogP contribution >= 0.6 is 23.4 Å². The van der Waals surface area contributed by atoms with E-state index in [-0.39, 0.29) is 0 Å². The van der Waals surface area contributed by atoms with E-state index in [1.165, 1.54) is 11.8 Å². The number of carboxylic acids is 1. The van der Waals surface area contributed by atoms with Crippen molar-refractivity contribution in [1.82, 2.24) is 15.0 Å². The van der Waals surface area contributed by atoms with Crippen LogP contribution in [0.4, 0.5) is 5.69 Å². The Morgan fingerprint density at radius 3 is 2.84 bits per heavy atom. The maximum atomic E-state index is 11.6. The Balaban J connectivity index is 1.55. The number of benzene rings is 1. The van der Waals surface area contributed by atoms with E-state index in [4.69, 9.17) is 16.3 Å². The van der Waals surface area contributed by atoms with Crippen molar-refractivity contribution >= 4 is 46.2 Å². The van der Waals surface area contributed by atoms with Gasteiger partial charge in [0, 0.05) is 30.9 Å². The molecule has 7 nitrogen and oxygen atoms in total. The molecule has 0 spiro atoms. The van der Waals surface area contributed by atoms with Gasteiger partial charge in [-0.15, -0.1) is 0 Å². The number of unbranched alkanes of at least 4 members (excludes halogenated alkanes) is 1. The van der Waals surface area contributed by atoms with Crippen LogP contribution < -0.4 is 4.90 Å². The third-order valence-electron chi connectivity index (χ3n) is 5.48. The predicted octanol–water partition coefficient (Wildman–Crippen LogP) is 5.24. The largest absolute Gasteiger partial charge is 0.480 e. The molecule has 2 N–H and O–H groups in total. The molecular weight excluding hydrogens is 448 g/mol. The number of aromatic nitrogens is 3. The monoisotopic (exact) mass is 474 g/mol. The lowest BCUT2D eigenvalue weighted by Gasteiger charge is -2.22. The van der Waals surface area contributed by atoms with Crippen LogP contribution in [0.15, 0.2) is 35.5 Å². The number of anilines is 1. The molecule has 1 fully saturated rings. The number of pyridine rings is 1. The van der Waals surface area contributed by atoms with Crippen molar-refractivity contribution in [2.75, 3.05) is 31.2 Å². The summed E-state index contributed by atoms with van der Waals surface area (Å²) >= 11 is 7.77. The number of H-pyrrole nitrogens is 1. The van der Waals surface area contributed by atoms with Crippen LogP contribution in [0.5, 0.6) is 0 Å². The van der Waals surface area contributed by atoms with E-state index >= 15 is 0 Å². The first-order chi connectivity index (χ1) is 15.5. The van der Waals surface area contributed by atoms with Crippen molar-refractivity contribution in [2.45, 2.75) is 43.0 Å². The average Bonchev–Trinajstić information content (AvgIpc) is 2.98. The first kappa shape index (κ1) is 22.9. The van der Waals surface area contributed by atoms with Crippen LogP contribution in [0.1, 0.15) is 32.6 Å². The molecule has 1 aliphatic heterocycles. The molecule has 1 atom stereocenters. The Hall–Kier alpha value is -2.29. The highest BCUT2D eigenvalue weighted by atomic mass is 35.5. The predicted molar refractivity (Wildman–Crippen MR) is 129 cm³/mol. The summed E-state index contributed by atoms with van der Waals surface area (Å²) < 4.78 is 5.54. The molecular formula is C23H27ClN4O3S. The van der Waals surface area contributed by atoms with Gasteiger partial charge in [0.05, 0.1) is 22.8 Å². The van der Waals surface area contributed by atoms with Crippen LogP contribution in [-0.4, -0.2) is 57.6 Å². The summed E-state index contributed by atoms with van der Waals surface area (Å²) in [5.74, 6) is -0.827. The summed E-state index contributed by atoms with van der Waals surface area (Å²) in [7, 11) is 0. The number of aliphatic carboxylic acids is 1. The van der Waals surface area contributed by atoms with Crippen molar-refractivity contribution in [1.29, 1.82) is 0 Å². The van der Waals surface area contributed by atoms with Gasteiger partial charge in [-0.3, -0.25) is 4.79 Å². The standard InChI is InChI=1S/C23H27ClN4O3S/c1-2-3-5-19(22(29)30)32-23-25-18-14-17(24)20(26-21(18)27-23)15-6-8-16(9-7-15)28-10-4-12-31-13-11-28/h6-9,14,19H,2-5,10-13H2,1H3,(H,29,30)(H,25,26,27). The fraction of sp³-hybridized carbons (Fsp3) is 0.435. The molecule has 32 heavy (non-hydrogen) atoms. The first-order valence-electron chi connectivity index (χ1n) is 10.9. The van der Waals surface area contributed by atoms with Crippen molar-refractivity contribution in [3.05, 3.63) is 35.4 Å². The van der Waals surface area contributed by atoms with Crippen LogP contribution in [0.2, 0.25) is 5.02 Å². The summed E-state index contributed by atoms with van der Waals surface area (Å²) in [6.07, 6.45) is 3.43. The van der Waals surface area contributed by atoms with Gasteiger partial charge in [-0.05, 0) is 31.0 Å². The number of aromatic amines is 1. The molecule has 1 aliphatic rings. The van der Waals surface area contributed by atoms with Crippen LogP contribution in [0.3, 0.4) is 0 Å². The molecule has 1 aromatic carbocycles. The highest BCUT2D eigenvalue weighted by Crippen LogP contribution is 2.32. The smallest absolute Gasteiger partial charge is 0.317 e. The van der Waals surface area contributed by atoms with E-state index in [0.717, 1.165) is 56.8 Å². The quantitative estimate of drug-likeness (QED) is 0.431. The lowest BCUT2D eigenvalue weighted by Crippen LogP contribution is -2.25. The number of ether oxygens (including phenoxy) is 1. The van der Waals surface area contributed by atoms with E-state index < -0.39 is 11.2 Å². The van der Waals surface area contributed by atoms with Gasteiger partial charge < -0.3 is 19.7 Å². The molecule has 1 unspecified atom stereocenters. The first-order valence-corrected chi connectivity index (χ1v) is 12.2. The zero-order chi connectivity index (χ0) is 22.5. The number of nitrogens with zero attached hydrogens (tertiary/aromatic N) is 3. The second-order valence-electron chi connectivity index (χ2n) is 7.82. The zero-order valence-corrected chi connectivity index (χ0v) is 19.6. The Bertz CT molecular complexity index is 1070. The van der Waals surface area contributed by atoms with E-state index in [2.05, 4.69) is 32.0 Å². The Kier molecular flexibility index (Phi) is 7.55. The highest BCUT2D eigenvalue weighted by Gasteiger charge is 2.21. The van der Waals surface area contributed by atoms with Gasteiger partial charge >= 0.3 is 5.97 Å². The van der Waals surface area contributed by atoms with Gasteiger partial charge in [0.15, 0.2) is 10.8 Å². The molecule has 0 amide bonds. The van der Waals surface area contributed by atoms with Gasteiger partial charge in [-0.2, -0.15) is 0 Å². The number of imidazole rings is 1.